The van der Waals surface area contributed by atoms with Gasteiger partial charge in [-0.3, -0.25) is 4.79 Å². The Labute approximate surface area is 97.7 Å². The lowest BCUT2D eigenvalue weighted by Gasteiger charge is -1.97. The van der Waals surface area contributed by atoms with Gasteiger partial charge in [0, 0.05) is 9.58 Å². The van der Waals surface area contributed by atoms with Crippen molar-refractivity contribution in [1.29, 1.82) is 0 Å². The topological polar surface area (TPSA) is 17.1 Å². The van der Waals surface area contributed by atoms with Gasteiger partial charge in [-0.05, 0) is 35.0 Å². The van der Waals surface area contributed by atoms with Gasteiger partial charge in [-0.2, -0.15) is 0 Å². The summed E-state index contributed by atoms with van der Waals surface area (Å²) in [5.41, 5.74) is 1.27. The first kappa shape index (κ1) is 10.7. The van der Waals surface area contributed by atoms with E-state index < -0.39 is 0 Å². The summed E-state index contributed by atoms with van der Waals surface area (Å²) in [5.74, 6) is 0. The molecule has 0 radical (unpaired) electrons. The lowest BCUT2D eigenvalue weighted by molar-refractivity contribution is -0.111. The van der Waals surface area contributed by atoms with E-state index in [0.29, 0.717) is 6.42 Å². The van der Waals surface area contributed by atoms with Crippen LogP contribution in [-0.4, -0.2) is 5.24 Å². The lowest BCUT2D eigenvalue weighted by Crippen LogP contribution is -1.93. The maximum Gasteiger partial charge on any atom is 0.226 e. The Kier molecular flexibility index (Phi) is 3.08. The van der Waals surface area contributed by atoms with Crippen LogP contribution in [0.5, 0.6) is 0 Å². The Morgan fingerprint density at radius 3 is 2.80 bits per heavy atom. The summed E-state index contributed by atoms with van der Waals surface area (Å²) in [6, 6.07) is 8.24. The third-order valence-corrected chi connectivity index (χ3v) is 3.78. The fourth-order valence-electron chi connectivity index (χ4n) is 1.81. The zero-order chi connectivity index (χ0) is 10.8. The van der Waals surface area contributed by atoms with Crippen LogP contribution in [0.3, 0.4) is 0 Å². The van der Waals surface area contributed by atoms with Crippen LogP contribution in [-0.2, 0) is 17.6 Å². The Balaban J connectivity index is 2.58. The van der Waals surface area contributed by atoms with E-state index in [-0.39, 0.29) is 5.24 Å². The minimum Gasteiger partial charge on any atom is -0.281 e. The predicted molar refractivity (Wildman–Crippen MR) is 65.8 cm³/mol. The molecule has 2 rings (SSSR count). The van der Waals surface area contributed by atoms with Gasteiger partial charge in [-0.1, -0.05) is 25.1 Å². The molecule has 0 saturated carbocycles. The highest BCUT2D eigenvalue weighted by Gasteiger charge is 2.11. The Bertz CT molecular complexity index is 501. The number of fused-ring (bicyclic) bond motifs is 1. The maximum atomic E-state index is 10.9. The fourth-order valence-corrected chi connectivity index (χ4v) is 3.31. The molecule has 78 valence electrons. The average molecular weight is 239 g/mol. The van der Waals surface area contributed by atoms with Crippen molar-refractivity contribution in [3.63, 3.8) is 0 Å². The van der Waals surface area contributed by atoms with Gasteiger partial charge >= 0.3 is 0 Å². The van der Waals surface area contributed by atoms with Crippen LogP contribution in [0.4, 0.5) is 0 Å². The molecule has 0 unspecified atom stereocenters. The second-order valence-corrected chi connectivity index (χ2v) is 4.94. The van der Waals surface area contributed by atoms with Crippen molar-refractivity contribution in [2.75, 3.05) is 0 Å². The first-order valence-corrected chi connectivity index (χ1v) is 6.09. The first-order valence-electron chi connectivity index (χ1n) is 4.90. The number of rotatable bonds is 3. The van der Waals surface area contributed by atoms with Gasteiger partial charge in [0.1, 0.15) is 0 Å². The van der Waals surface area contributed by atoms with Crippen molar-refractivity contribution in [3.8, 4) is 0 Å². The summed E-state index contributed by atoms with van der Waals surface area (Å²) < 4.78 is 1.24. The first-order chi connectivity index (χ1) is 7.22. The van der Waals surface area contributed by atoms with Gasteiger partial charge in [-0.25, -0.2) is 0 Å². The molecule has 0 aliphatic heterocycles. The molecule has 1 nitrogen and oxygen atoms in total. The van der Waals surface area contributed by atoms with E-state index in [1.165, 1.54) is 15.6 Å². The van der Waals surface area contributed by atoms with Gasteiger partial charge in [0.15, 0.2) is 0 Å². The predicted octanol–water partition coefficient (Wildman–Crippen LogP) is 3.77. The van der Waals surface area contributed by atoms with Crippen LogP contribution in [0.25, 0.3) is 10.1 Å². The Hall–Kier alpha value is -0.860. The summed E-state index contributed by atoms with van der Waals surface area (Å²) in [5, 5.41) is 0.981. The van der Waals surface area contributed by atoms with Gasteiger partial charge < -0.3 is 0 Å². The van der Waals surface area contributed by atoms with Gasteiger partial charge in [0.05, 0.1) is 6.42 Å². The number of thiophene rings is 1. The highest BCUT2D eigenvalue weighted by Crippen LogP contribution is 2.32. The summed E-state index contributed by atoms with van der Waals surface area (Å²) in [7, 11) is 0. The molecule has 0 N–H and O–H groups in total. The Morgan fingerprint density at radius 2 is 2.13 bits per heavy atom. The Morgan fingerprint density at radius 1 is 1.40 bits per heavy atom. The second kappa shape index (κ2) is 4.33. The van der Waals surface area contributed by atoms with Crippen molar-refractivity contribution in [2.24, 2.45) is 0 Å². The van der Waals surface area contributed by atoms with Crippen LogP contribution >= 0.6 is 22.9 Å². The summed E-state index contributed by atoms with van der Waals surface area (Å²) in [6.45, 7) is 2.11. The number of hydrogen-bond donors (Lipinski definition) is 0. The molecule has 0 saturated heterocycles. The number of hydrogen-bond acceptors (Lipinski definition) is 2. The third kappa shape index (κ3) is 2.06. The molecule has 0 aliphatic rings. The number of carbonyl (C=O) groups is 1. The van der Waals surface area contributed by atoms with Crippen LogP contribution in [0, 0.1) is 0 Å². The van der Waals surface area contributed by atoms with E-state index in [2.05, 4.69) is 19.1 Å². The minimum atomic E-state index is -0.281. The monoisotopic (exact) mass is 238 g/mol. The molecule has 1 aromatic heterocycles. The van der Waals surface area contributed by atoms with Crippen LogP contribution in [0.2, 0.25) is 0 Å². The fraction of sp³-hybridized carbons (Fsp3) is 0.250. The number of aryl methyl sites for hydroxylation is 1. The van der Waals surface area contributed by atoms with Gasteiger partial charge in [-0.15, -0.1) is 11.3 Å². The average Bonchev–Trinajstić information content (AvgIpc) is 2.53. The van der Waals surface area contributed by atoms with Crippen molar-refractivity contribution in [1.82, 2.24) is 0 Å². The standard InChI is InChI=1S/C12H11ClOS/c1-2-8-9-5-3-4-6-10(9)15-11(8)7-12(13)14/h3-6H,2,7H2,1H3. The van der Waals surface area contributed by atoms with Crippen molar-refractivity contribution < 1.29 is 4.79 Å². The highest BCUT2D eigenvalue weighted by molar-refractivity contribution is 7.19. The molecular weight excluding hydrogens is 228 g/mol. The zero-order valence-corrected chi connectivity index (χ0v) is 9.99. The quantitative estimate of drug-likeness (QED) is 0.744. The maximum absolute atomic E-state index is 10.9. The zero-order valence-electron chi connectivity index (χ0n) is 8.42. The normalized spacial score (nSPS) is 10.8. The smallest absolute Gasteiger partial charge is 0.226 e. The van der Waals surface area contributed by atoms with E-state index >= 15 is 0 Å². The van der Waals surface area contributed by atoms with Crippen LogP contribution in [0.1, 0.15) is 17.4 Å². The molecule has 0 fully saturated rings. The van der Waals surface area contributed by atoms with E-state index in [9.17, 15) is 4.79 Å². The van der Waals surface area contributed by atoms with E-state index in [0.717, 1.165) is 11.3 Å². The van der Waals surface area contributed by atoms with E-state index in [1.54, 1.807) is 11.3 Å². The molecule has 0 atom stereocenters. The summed E-state index contributed by atoms with van der Waals surface area (Å²) in [4.78, 5) is 12.0. The van der Waals surface area contributed by atoms with Gasteiger partial charge in [0.2, 0.25) is 5.24 Å². The molecule has 0 aliphatic carbocycles. The van der Waals surface area contributed by atoms with E-state index in [4.69, 9.17) is 11.6 Å². The molecular formula is C12H11ClOS. The second-order valence-electron chi connectivity index (χ2n) is 3.39. The molecule has 1 aromatic carbocycles. The highest BCUT2D eigenvalue weighted by atomic mass is 35.5. The van der Waals surface area contributed by atoms with Gasteiger partial charge in [0.25, 0.3) is 0 Å². The number of halogens is 1. The molecule has 1 heterocycles. The molecule has 0 spiro atoms. The molecule has 0 amide bonds. The lowest BCUT2D eigenvalue weighted by atomic mass is 10.1. The summed E-state index contributed by atoms with van der Waals surface area (Å²) >= 11 is 7.11. The minimum absolute atomic E-state index is 0.281. The molecule has 0 bridgehead atoms. The largest absolute Gasteiger partial charge is 0.281 e. The number of carbonyl (C=O) groups excluding carboxylic acids is 1. The SMILES string of the molecule is CCc1c(CC(=O)Cl)sc2ccccc12. The van der Waals surface area contributed by atoms with Crippen LogP contribution < -0.4 is 0 Å². The number of benzene rings is 1. The molecule has 2 aromatic rings. The van der Waals surface area contributed by atoms with Crippen LogP contribution in [0.15, 0.2) is 24.3 Å². The van der Waals surface area contributed by atoms with Crippen molar-refractivity contribution >= 4 is 38.3 Å². The van der Waals surface area contributed by atoms with Crippen molar-refractivity contribution in [3.05, 3.63) is 34.7 Å². The summed E-state index contributed by atoms with van der Waals surface area (Å²) in [6.07, 6.45) is 1.30. The molecule has 15 heavy (non-hydrogen) atoms. The van der Waals surface area contributed by atoms with Crippen molar-refractivity contribution in [2.45, 2.75) is 19.8 Å². The third-order valence-electron chi connectivity index (χ3n) is 2.44. The molecule has 3 heteroatoms. The van der Waals surface area contributed by atoms with E-state index in [1.807, 2.05) is 12.1 Å².